The Kier molecular flexibility index (Phi) is 3.04. The minimum absolute atomic E-state index is 0.565. The lowest BCUT2D eigenvalue weighted by Gasteiger charge is -2.26. The van der Waals surface area contributed by atoms with E-state index >= 15 is 0 Å². The summed E-state index contributed by atoms with van der Waals surface area (Å²) in [5, 5.41) is 10.1. The van der Waals surface area contributed by atoms with E-state index in [4.69, 9.17) is 9.47 Å². The van der Waals surface area contributed by atoms with Crippen molar-refractivity contribution < 1.29 is 14.6 Å². The van der Waals surface area contributed by atoms with Crippen LogP contribution in [0.4, 0.5) is 0 Å². The summed E-state index contributed by atoms with van der Waals surface area (Å²) in [5.74, 6) is 1.53. The number of thioether (sulfide) groups is 1. The van der Waals surface area contributed by atoms with Gasteiger partial charge in [-0.2, -0.15) is 0 Å². The number of fused-ring (bicyclic) bond motifs is 1. The molecule has 0 bridgehead atoms. The van der Waals surface area contributed by atoms with E-state index in [1.807, 2.05) is 18.4 Å². The lowest BCUT2D eigenvalue weighted by Crippen LogP contribution is -2.20. The highest BCUT2D eigenvalue weighted by molar-refractivity contribution is 7.98. The van der Waals surface area contributed by atoms with Gasteiger partial charge in [0.1, 0.15) is 13.2 Å². The van der Waals surface area contributed by atoms with Crippen LogP contribution in [-0.4, -0.2) is 24.6 Å². The van der Waals surface area contributed by atoms with Gasteiger partial charge < -0.3 is 14.6 Å². The Morgan fingerprint density at radius 1 is 1.25 bits per heavy atom. The van der Waals surface area contributed by atoms with Crippen molar-refractivity contribution in [2.75, 3.05) is 19.5 Å². The van der Waals surface area contributed by atoms with E-state index in [0.717, 1.165) is 22.0 Å². The van der Waals surface area contributed by atoms with Crippen LogP contribution in [0, 0.1) is 0 Å². The molecule has 0 spiro atoms. The second kappa shape index (κ2) is 4.18. The van der Waals surface area contributed by atoms with Crippen molar-refractivity contribution in [1.29, 1.82) is 0 Å². The monoisotopic (exact) mass is 240 g/mol. The number of aliphatic hydroxyl groups is 1. The molecule has 4 heteroatoms. The molecule has 0 fully saturated rings. The van der Waals surface area contributed by atoms with Gasteiger partial charge in [-0.15, -0.1) is 11.8 Å². The summed E-state index contributed by atoms with van der Waals surface area (Å²) in [6.07, 6.45) is 1.98. The number of ether oxygens (including phenoxy) is 2. The van der Waals surface area contributed by atoms with Crippen molar-refractivity contribution in [2.24, 2.45) is 0 Å². The van der Waals surface area contributed by atoms with Crippen LogP contribution in [0.15, 0.2) is 17.0 Å². The molecule has 0 amide bonds. The maximum atomic E-state index is 10.1. The molecule has 0 radical (unpaired) electrons. The largest absolute Gasteiger partial charge is 0.486 e. The first-order valence-electron chi connectivity index (χ1n) is 5.23. The van der Waals surface area contributed by atoms with Gasteiger partial charge in [0.05, 0.1) is 10.5 Å². The molecule has 1 aliphatic rings. The first-order chi connectivity index (χ1) is 7.54. The molecule has 0 saturated carbocycles. The summed E-state index contributed by atoms with van der Waals surface area (Å²) in [5.41, 5.74) is 0.0121. The van der Waals surface area contributed by atoms with E-state index in [2.05, 4.69) is 0 Å². The number of benzene rings is 1. The van der Waals surface area contributed by atoms with Crippen molar-refractivity contribution in [1.82, 2.24) is 0 Å². The van der Waals surface area contributed by atoms with E-state index in [1.165, 1.54) is 0 Å². The zero-order valence-electron chi connectivity index (χ0n) is 9.74. The van der Waals surface area contributed by atoms with E-state index in [-0.39, 0.29) is 0 Å². The smallest absolute Gasteiger partial charge is 0.175 e. The standard InChI is InChI=1S/C12H16O3S/c1-12(2,13)8-4-5-9-10(11(8)16-3)15-7-6-14-9/h4-5,13H,6-7H2,1-3H3. The molecule has 0 aliphatic carbocycles. The van der Waals surface area contributed by atoms with Crippen molar-refractivity contribution >= 4 is 11.8 Å². The summed E-state index contributed by atoms with van der Waals surface area (Å²) >= 11 is 1.57. The highest BCUT2D eigenvalue weighted by Crippen LogP contribution is 2.44. The van der Waals surface area contributed by atoms with E-state index in [1.54, 1.807) is 25.6 Å². The molecular weight excluding hydrogens is 224 g/mol. The van der Waals surface area contributed by atoms with E-state index in [0.29, 0.717) is 13.2 Å². The molecule has 0 saturated heterocycles. The molecule has 1 heterocycles. The Bertz CT molecular complexity index is 396. The Hall–Kier alpha value is -0.870. The minimum atomic E-state index is -0.867. The summed E-state index contributed by atoms with van der Waals surface area (Å²) < 4.78 is 11.1. The van der Waals surface area contributed by atoms with Gasteiger partial charge in [0.15, 0.2) is 11.5 Å². The van der Waals surface area contributed by atoms with Crippen LogP contribution in [-0.2, 0) is 5.60 Å². The molecule has 0 aromatic heterocycles. The Morgan fingerprint density at radius 2 is 1.94 bits per heavy atom. The van der Waals surface area contributed by atoms with Crippen molar-refractivity contribution in [3.63, 3.8) is 0 Å². The van der Waals surface area contributed by atoms with Crippen LogP contribution in [0.3, 0.4) is 0 Å². The zero-order chi connectivity index (χ0) is 11.8. The van der Waals surface area contributed by atoms with Crippen LogP contribution >= 0.6 is 11.8 Å². The van der Waals surface area contributed by atoms with Gasteiger partial charge in [-0.3, -0.25) is 0 Å². The predicted octanol–water partition coefficient (Wildman–Crippen LogP) is 2.41. The second-order valence-corrected chi connectivity index (χ2v) is 5.05. The fraction of sp³-hybridized carbons (Fsp3) is 0.500. The van der Waals surface area contributed by atoms with Crippen LogP contribution in [0.5, 0.6) is 11.5 Å². The molecular formula is C12H16O3S. The van der Waals surface area contributed by atoms with Crippen LogP contribution < -0.4 is 9.47 Å². The molecule has 16 heavy (non-hydrogen) atoms. The van der Waals surface area contributed by atoms with Crippen LogP contribution in [0.1, 0.15) is 19.4 Å². The maximum absolute atomic E-state index is 10.1. The van der Waals surface area contributed by atoms with Gasteiger partial charge in [0.2, 0.25) is 0 Å². The minimum Gasteiger partial charge on any atom is -0.486 e. The van der Waals surface area contributed by atoms with Crippen LogP contribution in [0.25, 0.3) is 0 Å². The second-order valence-electron chi connectivity index (χ2n) is 4.23. The van der Waals surface area contributed by atoms with Gasteiger partial charge in [-0.1, -0.05) is 6.07 Å². The molecule has 3 nitrogen and oxygen atoms in total. The summed E-state index contributed by atoms with van der Waals surface area (Å²) in [6.45, 7) is 4.70. The zero-order valence-corrected chi connectivity index (χ0v) is 10.6. The van der Waals surface area contributed by atoms with E-state index in [9.17, 15) is 5.11 Å². The van der Waals surface area contributed by atoms with Gasteiger partial charge in [0, 0.05) is 5.56 Å². The first kappa shape index (κ1) is 11.6. The highest BCUT2D eigenvalue weighted by atomic mass is 32.2. The lowest BCUT2D eigenvalue weighted by atomic mass is 9.98. The third-order valence-electron chi connectivity index (χ3n) is 2.53. The fourth-order valence-corrected chi connectivity index (χ4v) is 2.66. The third-order valence-corrected chi connectivity index (χ3v) is 3.34. The summed E-state index contributed by atoms with van der Waals surface area (Å²) in [6, 6.07) is 3.76. The quantitative estimate of drug-likeness (QED) is 0.806. The van der Waals surface area contributed by atoms with Gasteiger partial charge >= 0.3 is 0 Å². The normalized spacial score (nSPS) is 15.0. The van der Waals surface area contributed by atoms with Gasteiger partial charge in [-0.25, -0.2) is 0 Å². The SMILES string of the molecule is CSc1c(C(C)(C)O)ccc2c1OCCO2. The summed E-state index contributed by atoms with van der Waals surface area (Å²) in [4.78, 5) is 0.963. The van der Waals surface area contributed by atoms with Gasteiger partial charge in [0.25, 0.3) is 0 Å². The molecule has 1 aromatic rings. The third kappa shape index (κ3) is 1.99. The molecule has 1 aliphatic heterocycles. The first-order valence-corrected chi connectivity index (χ1v) is 6.46. The topological polar surface area (TPSA) is 38.7 Å². The highest BCUT2D eigenvalue weighted by Gasteiger charge is 2.26. The van der Waals surface area contributed by atoms with Crippen molar-refractivity contribution in [3.05, 3.63) is 17.7 Å². The van der Waals surface area contributed by atoms with Crippen molar-refractivity contribution in [2.45, 2.75) is 24.3 Å². The molecule has 2 rings (SSSR count). The molecule has 1 aromatic carbocycles. The molecule has 0 atom stereocenters. The number of hydrogen-bond donors (Lipinski definition) is 1. The number of hydrogen-bond acceptors (Lipinski definition) is 4. The predicted molar refractivity (Wildman–Crippen MR) is 64.5 cm³/mol. The maximum Gasteiger partial charge on any atom is 0.175 e. The summed E-state index contributed by atoms with van der Waals surface area (Å²) in [7, 11) is 0. The molecule has 1 N–H and O–H groups in total. The average Bonchev–Trinajstić information content (AvgIpc) is 2.26. The molecule has 0 unspecified atom stereocenters. The average molecular weight is 240 g/mol. The Balaban J connectivity index is 2.56. The van der Waals surface area contributed by atoms with Crippen LogP contribution in [0.2, 0.25) is 0 Å². The Labute approximate surface area is 99.8 Å². The van der Waals surface area contributed by atoms with Gasteiger partial charge in [-0.05, 0) is 26.2 Å². The van der Waals surface area contributed by atoms with Crippen molar-refractivity contribution in [3.8, 4) is 11.5 Å². The van der Waals surface area contributed by atoms with E-state index < -0.39 is 5.60 Å². The fourth-order valence-electron chi connectivity index (χ4n) is 1.77. The molecule has 88 valence electrons. The Morgan fingerprint density at radius 3 is 2.56 bits per heavy atom. The lowest BCUT2D eigenvalue weighted by molar-refractivity contribution is 0.0741. The number of rotatable bonds is 2.